The van der Waals surface area contributed by atoms with Gasteiger partial charge in [-0.2, -0.15) is 13.2 Å². The molecule has 0 aliphatic carbocycles. The number of rotatable bonds is 6. The van der Waals surface area contributed by atoms with Gasteiger partial charge in [0.2, 0.25) is 0 Å². The number of ether oxygens (including phenoxy) is 4. The lowest BCUT2D eigenvalue weighted by Crippen LogP contribution is -2.45. The van der Waals surface area contributed by atoms with Gasteiger partial charge in [-0.15, -0.1) is 0 Å². The summed E-state index contributed by atoms with van der Waals surface area (Å²) in [6.45, 7) is 7.83. The van der Waals surface area contributed by atoms with Crippen LogP contribution in [0.2, 0.25) is 0 Å². The molecule has 0 bridgehead atoms. The minimum atomic E-state index is -5.08. The maximum absolute atomic E-state index is 10.6. The highest BCUT2D eigenvalue weighted by Gasteiger charge is 2.40. The van der Waals surface area contributed by atoms with E-state index in [2.05, 4.69) is 4.90 Å². The van der Waals surface area contributed by atoms with E-state index in [0.717, 1.165) is 64.8 Å². The van der Waals surface area contributed by atoms with Gasteiger partial charge in [0, 0.05) is 52.2 Å². The Labute approximate surface area is 187 Å². The van der Waals surface area contributed by atoms with Crippen molar-refractivity contribution in [1.29, 1.82) is 0 Å². The fraction of sp³-hybridized carbons (Fsp3) is 0.955. The number of aliphatic carboxylic acids is 1. The van der Waals surface area contributed by atoms with Gasteiger partial charge in [-0.3, -0.25) is 4.90 Å². The Bertz CT molecular complexity index is 566. The maximum atomic E-state index is 10.6. The molecule has 0 unspecified atom stereocenters. The Morgan fingerprint density at radius 3 is 2.09 bits per heavy atom. The summed E-state index contributed by atoms with van der Waals surface area (Å²) in [6.07, 6.45) is 4.06. The van der Waals surface area contributed by atoms with Crippen LogP contribution in [0.4, 0.5) is 13.2 Å². The molecule has 186 valence electrons. The molecule has 4 saturated heterocycles. The summed E-state index contributed by atoms with van der Waals surface area (Å²) >= 11 is 0. The number of nitrogens with zero attached hydrogens (tertiary/aromatic N) is 1. The summed E-state index contributed by atoms with van der Waals surface area (Å²) in [4.78, 5) is 11.6. The molecule has 0 aromatic carbocycles. The van der Waals surface area contributed by atoms with Crippen LogP contribution in [0.1, 0.15) is 44.9 Å². The number of carboxylic acids is 1. The minimum absolute atomic E-state index is 0.309. The molecular weight excluding hydrogens is 431 g/mol. The van der Waals surface area contributed by atoms with Gasteiger partial charge >= 0.3 is 12.1 Å². The van der Waals surface area contributed by atoms with Crippen molar-refractivity contribution in [2.75, 3.05) is 52.7 Å². The Hall–Kier alpha value is -0.940. The number of alkyl halides is 3. The zero-order chi connectivity index (χ0) is 23.0. The number of carboxylic acid groups (broad SMARTS) is 1. The summed E-state index contributed by atoms with van der Waals surface area (Å²) in [5, 5.41) is 7.12. The van der Waals surface area contributed by atoms with Crippen LogP contribution in [0.25, 0.3) is 0 Å². The van der Waals surface area contributed by atoms with Gasteiger partial charge in [0.1, 0.15) is 0 Å². The van der Waals surface area contributed by atoms with Gasteiger partial charge in [-0.1, -0.05) is 0 Å². The van der Waals surface area contributed by atoms with Crippen LogP contribution < -0.4 is 0 Å². The third kappa shape index (κ3) is 8.13. The fourth-order valence-electron chi connectivity index (χ4n) is 4.97. The van der Waals surface area contributed by atoms with E-state index in [1.807, 2.05) is 0 Å². The predicted octanol–water partition coefficient (Wildman–Crippen LogP) is 3.11. The van der Waals surface area contributed by atoms with Gasteiger partial charge in [0.05, 0.1) is 18.8 Å². The average Bonchev–Trinajstić information content (AvgIpc) is 3.17. The van der Waals surface area contributed by atoms with Gasteiger partial charge in [0.25, 0.3) is 0 Å². The van der Waals surface area contributed by atoms with E-state index in [1.165, 1.54) is 38.8 Å². The van der Waals surface area contributed by atoms with Crippen molar-refractivity contribution in [3.05, 3.63) is 0 Å². The second-order valence-electron chi connectivity index (χ2n) is 9.18. The van der Waals surface area contributed by atoms with Crippen molar-refractivity contribution in [2.24, 2.45) is 11.8 Å². The van der Waals surface area contributed by atoms with E-state index in [0.29, 0.717) is 24.2 Å². The van der Waals surface area contributed by atoms with Crippen molar-refractivity contribution in [3.8, 4) is 0 Å². The monoisotopic (exact) mass is 467 g/mol. The fourth-order valence-corrected chi connectivity index (χ4v) is 4.97. The minimum Gasteiger partial charge on any atom is -0.475 e. The molecule has 0 aromatic rings. The standard InChI is InChI=1S/C20H35NO4.C2HF3O2/c1-2-19-20(3-8-21(19)13-16-4-9-22-10-5-16)25-18(1)15-24-14-17-6-11-23-12-7-17;3-2(4,5)1(6)7/h16-20H,1-15H2;(H,6,7)/t18-,19-,20-;/m1./s1. The Morgan fingerprint density at radius 2 is 1.50 bits per heavy atom. The molecule has 32 heavy (non-hydrogen) atoms. The number of carbonyl (C=O) groups is 1. The zero-order valence-corrected chi connectivity index (χ0v) is 18.6. The van der Waals surface area contributed by atoms with Crippen LogP contribution in [0.5, 0.6) is 0 Å². The summed E-state index contributed by atoms with van der Waals surface area (Å²) in [5.74, 6) is -1.24. The normalized spacial score (nSPS) is 30.4. The molecule has 7 nitrogen and oxygen atoms in total. The first-order chi connectivity index (χ1) is 15.3. The largest absolute Gasteiger partial charge is 0.490 e. The highest BCUT2D eigenvalue weighted by molar-refractivity contribution is 5.73. The molecule has 4 rings (SSSR count). The van der Waals surface area contributed by atoms with E-state index in [-0.39, 0.29) is 0 Å². The SMILES string of the molecule is C1CC(COC[C@H]2CC[C@@H]3[C@@H](CCN3CC3CCOCC3)O2)CCO1.O=C(O)C(F)(F)F. The topological polar surface area (TPSA) is 77.5 Å². The molecule has 1 N–H and O–H groups in total. The lowest BCUT2D eigenvalue weighted by molar-refractivity contribution is -0.192. The number of fused-ring (bicyclic) bond motifs is 1. The molecular formula is C22H36F3NO6. The third-order valence-corrected chi connectivity index (χ3v) is 6.82. The summed E-state index contributed by atoms with van der Waals surface area (Å²) < 4.78 is 55.1. The molecule has 4 fully saturated rings. The lowest BCUT2D eigenvalue weighted by atomic mass is 9.96. The molecule has 10 heteroatoms. The van der Waals surface area contributed by atoms with Crippen molar-refractivity contribution < 1.29 is 42.0 Å². The van der Waals surface area contributed by atoms with E-state index in [9.17, 15) is 13.2 Å². The van der Waals surface area contributed by atoms with Crippen molar-refractivity contribution >= 4 is 5.97 Å². The summed E-state index contributed by atoms with van der Waals surface area (Å²) in [5.41, 5.74) is 0. The van der Waals surface area contributed by atoms with Gasteiger partial charge in [0.15, 0.2) is 0 Å². The quantitative estimate of drug-likeness (QED) is 0.643. The van der Waals surface area contributed by atoms with Gasteiger partial charge in [-0.25, -0.2) is 4.79 Å². The highest BCUT2D eigenvalue weighted by Crippen LogP contribution is 2.33. The van der Waals surface area contributed by atoms with Crippen molar-refractivity contribution in [2.45, 2.75) is 69.4 Å². The third-order valence-electron chi connectivity index (χ3n) is 6.82. The van der Waals surface area contributed by atoms with Crippen molar-refractivity contribution in [3.63, 3.8) is 0 Å². The average molecular weight is 468 g/mol. The number of hydrogen-bond acceptors (Lipinski definition) is 6. The number of likely N-dealkylation sites (tertiary alicyclic amines) is 1. The van der Waals surface area contributed by atoms with Crippen LogP contribution in [-0.2, 0) is 23.7 Å². The first-order valence-electron chi connectivity index (χ1n) is 11.8. The Balaban J connectivity index is 0.000000360. The first kappa shape index (κ1) is 25.7. The lowest BCUT2D eigenvalue weighted by Gasteiger charge is -2.37. The molecule has 4 aliphatic heterocycles. The Kier molecular flexibility index (Phi) is 10.0. The van der Waals surface area contributed by atoms with E-state index in [1.54, 1.807) is 0 Å². The van der Waals surface area contributed by atoms with Crippen LogP contribution in [-0.4, -0.2) is 93.1 Å². The molecule has 4 aliphatic rings. The molecule has 0 radical (unpaired) electrons. The van der Waals surface area contributed by atoms with Crippen molar-refractivity contribution in [1.82, 2.24) is 4.90 Å². The first-order valence-corrected chi connectivity index (χ1v) is 11.8. The molecule has 3 atom stereocenters. The molecule has 0 aromatic heterocycles. The van der Waals surface area contributed by atoms with Crippen LogP contribution >= 0.6 is 0 Å². The van der Waals surface area contributed by atoms with Crippen LogP contribution in [0.15, 0.2) is 0 Å². The van der Waals surface area contributed by atoms with Gasteiger partial charge < -0.3 is 24.1 Å². The Morgan fingerprint density at radius 1 is 0.906 bits per heavy atom. The van der Waals surface area contributed by atoms with Crippen LogP contribution in [0, 0.1) is 11.8 Å². The van der Waals surface area contributed by atoms with E-state index < -0.39 is 12.1 Å². The van der Waals surface area contributed by atoms with Crippen LogP contribution in [0.3, 0.4) is 0 Å². The second-order valence-corrected chi connectivity index (χ2v) is 9.18. The zero-order valence-electron chi connectivity index (χ0n) is 18.6. The number of hydrogen-bond donors (Lipinski definition) is 1. The summed E-state index contributed by atoms with van der Waals surface area (Å²) in [6, 6.07) is 0.648. The number of halogens is 3. The summed E-state index contributed by atoms with van der Waals surface area (Å²) in [7, 11) is 0. The van der Waals surface area contributed by atoms with E-state index in [4.69, 9.17) is 28.8 Å². The van der Waals surface area contributed by atoms with Gasteiger partial charge in [-0.05, 0) is 56.8 Å². The molecule has 0 amide bonds. The predicted molar refractivity (Wildman–Crippen MR) is 109 cm³/mol. The molecule has 0 spiro atoms. The second kappa shape index (κ2) is 12.5. The molecule has 0 saturated carbocycles. The smallest absolute Gasteiger partial charge is 0.475 e. The maximum Gasteiger partial charge on any atom is 0.490 e. The van der Waals surface area contributed by atoms with E-state index >= 15 is 0 Å². The molecule has 4 heterocycles. The highest BCUT2D eigenvalue weighted by atomic mass is 19.4.